The Hall–Kier alpha value is -1.64. The summed E-state index contributed by atoms with van der Waals surface area (Å²) in [7, 11) is 0. The molecule has 3 aliphatic rings. The largest absolute Gasteiger partial charge is 0.468 e. The van der Waals surface area contributed by atoms with Crippen LogP contribution in [-0.4, -0.2) is 60.7 Å². The number of rotatable bonds is 5. The van der Waals surface area contributed by atoms with Crippen LogP contribution in [0.25, 0.3) is 0 Å². The van der Waals surface area contributed by atoms with E-state index in [4.69, 9.17) is 23.7 Å². The molecule has 0 amide bonds. The zero-order valence-corrected chi connectivity index (χ0v) is 14.4. The Morgan fingerprint density at radius 2 is 2.04 bits per heavy atom. The summed E-state index contributed by atoms with van der Waals surface area (Å²) in [4.78, 5) is 12.2. The highest BCUT2D eigenvalue weighted by Crippen LogP contribution is 2.40. The van der Waals surface area contributed by atoms with Gasteiger partial charge in [0.05, 0.1) is 39.1 Å². The fourth-order valence-electron chi connectivity index (χ4n) is 3.53. The molecule has 0 unspecified atom stereocenters. The second-order valence-corrected chi connectivity index (χ2v) is 6.66. The van der Waals surface area contributed by atoms with Gasteiger partial charge in [0, 0.05) is 19.0 Å². The smallest absolute Gasteiger partial charge is 0.345 e. The van der Waals surface area contributed by atoms with Crippen molar-refractivity contribution in [1.82, 2.24) is 9.78 Å². The van der Waals surface area contributed by atoms with E-state index in [9.17, 15) is 4.79 Å². The summed E-state index contributed by atoms with van der Waals surface area (Å²) in [6.45, 7) is 4.48. The van der Waals surface area contributed by atoms with Crippen LogP contribution >= 0.6 is 0 Å². The number of carbonyl (C=O) groups is 1. The lowest BCUT2D eigenvalue weighted by atomic mass is 9.90. The van der Waals surface area contributed by atoms with Crippen molar-refractivity contribution in [2.24, 2.45) is 0 Å². The minimum atomic E-state index is -0.407. The van der Waals surface area contributed by atoms with Crippen molar-refractivity contribution in [2.75, 3.05) is 33.0 Å². The van der Waals surface area contributed by atoms with E-state index >= 15 is 0 Å². The highest BCUT2D eigenvalue weighted by atomic mass is 16.7. The summed E-state index contributed by atoms with van der Waals surface area (Å²) in [5.74, 6) is -0.477. The third-order valence-electron chi connectivity index (χ3n) is 4.98. The quantitative estimate of drug-likeness (QED) is 0.746. The first kappa shape index (κ1) is 16.8. The van der Waals surface area contributed by atoms with Gasteiger partial charge in [-0.3, -0.25) is 4.68 Å². The van der Waals surface area contributed by atoms with Gasteiger partial charge in [-0.05, 0) is 19.8 Å². The van der Waals surface area contributed by atoms with Crippen LogP contribution in [0.1, 0.15) is 49.0 Å². The van der Waals surface area contributed by atoms with Gasteiger partial charge >= 0.3 is 5.97 Å². The van der Waals surface area contributed by atoms with Crippen LogP contribution in [0.5, 0.6) is 5.88 Å². The van der Waals surface area contributed by atoms with Crippen LogP contribution < -0.4 is 4.74 Å². The SMILES string of the molecule is CCOC(=O)c1cn(C2CCC3(CC2)OCCO3)nc1OC1COC1. The molecule has 0 aromatic carbocycles. The van der Waals surface area contributed by atoms with Crippen molar-refractivity contribution in [3.63, 3.8) is 0 Å². The lowest BCUT2D eigenvalue weighted by Crippen LogP contribution is -2.39. The number of hydrogen-bond donors (Lipinski definition) is 0. The molecule has 0 N–H and O–H groups in total. The number of ether oxygens (including phenoxy) is 5. The normalized spacial score (nSPS) is 23.6. The Bertz CT molecular complexity index is 611. The second-order valence-electron chi connectivity index (χ2n) is 6.66. The Balaban J connectivity index is 1.49. The second kappa shape index (κ2) is 6.93. The third-order valence-corrected chi connectivity index (χ3v) is 4.98. The number of nitrogens with zero attached hydrogens (tertiary/aromatic N) is 2. The van der Waals surface area contributed by atoms with Crippen molar-refractivity contribution < 1.29 is 28.5 Å². The topological polar surface area (TPSA) is 81.0 Å². The van der Waals surface area contributed by atoms with Crippen molar-refractivity contribution in [3.8, 4) is 5.88 Å². The Labute approximate surface area is 146 Å². The maximum absolute atomic E-state index is 12.2. The molecule has 0 radical (unpaired) electrons. The van der Waals surface area contributed by atoms with Crippen molar-refractivity contribution in [3.05, 3.63) is 11.8 Å². The predicted molar refractivity (Wildman–Crippen MR) is 85.6 cm³/mol. The van der Waals surface area contributed by atoms with Crippen LogP contribution in [0, 0.1) is 0 Å². The predicted octanol–water partition coefficient (Wildman–Crippen LogP) is 1.70. The molecule has 8 nitrogen and oxygen atoms in total. The van der Waals surface area contributed by atoms with E-state index in [-0.39, 0.29) is 12.1 Å². The molecule has 8 heteroatoms. The average molecular weight is 352 g/mol. The molecular weight excluding hydrogens is 328 g/mol. The summed E-state index contributed by atoms with van der Waals surface area (Å²) in [6, 6.07) is 0.196. The van der Waals surface area contributed by atoms with E-state index in [1.807, 2.05) is 4.68 Å². The average Bonchev–Trinajstić information content (AvgIpc) is 3.20. The molecule has 1 spiro atoms. The molecule has 1 saturated carbocycles. The molecule has 2 aliphatic heterocycles. The first-order valence-corrected chi connectivity index (χ1v) is 8.98. The molecule has 138 valence electrons. The van der Waals surface area contributed by atoms with E-state index in [1.54, 1.807) is 13.1 Å². The van der Waals surface area contributed by atoms with Crippen LogP contribution in [0.3, 0.4) is 0 Å². The van der Waals surface area contributed by atoms with Crippen molar-refractivity contribution >= 4 is 5.97 Å². The number of aromatic nitrogens is 2. The zero-order chi connectivity index (χ0) is 17.3. The van der Waals surface area contributed by atoms with Gasteiger partial charge < -0.3 is 23.7 Å². The molecule has 3 heterocycles. The van der Waals surface area contributed by atoms with Crippen LogP contribution in [0.2, 0.25) is 0 Å². The molecule has 1 aromatic heterocycles. The van der Waals surface area contributed by atoms with Gasteiger partial charge in [-0.1, -0.05) is 0 Å². The number of hydrogen-bond acceptors (Lipinski definition) is 7. The fourth-order valence-corrected chi connectivity index (χ4v) is 3.53. The van der Waals surface area contributed by atoms with Crippen LogP contribution in [0.15, 0.2) is 6.20 Å². The van der Waals surface area contributed by atoms with Crippen molar-refractivity contribution in [2.45, 2.75) is 50.5 Å². The van der Waals surface area contributed by atoms with E-state index < -0.39 is 11.8 Å². The summed E-state index contributed by atoms with van der Waals surface area (Å²) in [5.41, 5.74) is 0.377. The van der Waals surface area contributed by atoms with E-state index in [0.29, 0.717) is 44.5 Å². The number of carbonyl (C=O) groups excluding carboxylic acids is 1. The lowest BCUT2D eigenvalue weighted by Gasteiger charge is -2.35. The summed E-state index contributed by atoms with van der Waals surface area (Å²) < 4.78 is 29.5. The van der Waals surface area contributed by atoms with Crippen LogP contribution in [0.4, 0.5) is 0 Å². The van der Waals surface area contributed by atoms with Crippen molar-refractivity contribution in [1.29, 1.82) is 0 Å². The fraction of sp³-hybridized carbons (Fsp3) is 0.765. The molecule has 2 saturated heterocycles. The van der Waals surface area contributed by atoms with Gasteiger partial charge in [0.25, 0.3) is 0 Å². The molecule has 25 heavy (non-hydrogen) atoms. The standard InChI is InChI=1S/C17H24N2O6/c1-2-22-16(20)14-9-19(18-15(14)25-13-10-21-11-13)12-3-5-17(6-4-12)23-7-8-24-17/h9,12-13H,2-8,10-11H2,1H3. The Kier molecular flexibility index (Phi) is 4.66. The van der Waals surface area contributed by atoms with Crippen LogP contribution in [-0.2, 0) is 18.9 Å². The molecule has 1 aromatic rings. The molecule has 3 fully saturated rings. The number of esters is 1. The minimum absolute atomic E-state index is 0.0496. The van der Waals surface area contributed by atoms with Gasteiger partial charge in [-0.15, -0.1) is 5.10 Å². The monoisotopic (exact) mass is 352 g/mol. The Morgan fingerprint density at radius 1 is 1.32 bits per heavy atom. The zero-order valence-electron chi connectivity index (χ0n) is 14.4. The summed E-state index contributed by atoms with van der Waals surface area (Å²) in [5, 5.41) is 4.53. The molecular formula is C17H24N2O6. The Morgan fingerprint density at radius 3 is 2.64 bits per heavy atom. The van der Waals surface area contributed by atoms with Gasteiger partial charge in [0.15, 0.2) is 5.79 Å². The van der Waals surface area contributed by atoms with E-state index in [0.717, 1.165) is 25.7 Å². The van der Waals surface area contributed by atoms with Gasteiger partial charge in [-0.2, -0.15) is 0 Å². The van der Waals surface area contributed by atoms with Gasteiger partial charge in [0.1, 0.15) is 11.7 Å². The maximum Gasteiger partial charge on any atom is 0.345 e. The van der Waals surface area contributed by atoms with E-state index in [2.05, 4.69) is 5.10 Å². The highest BCUT2D eigenvalue weighted by Gasteiger charge is 2.41. The molecule has 0 atom stereocenters. The molecule has 0 bridgehead atoms. The molecule has 4 rings (SSSR count). The van der Waals surface area contributed by atoms with Gasteiger partial charge in [-0.25, -0.2) is 4.79 Å². The first-order valence-electron chi connectivity index (χ1n) is 8.98. The summed E-state index contributed by atoms with van der Waals surface area (Å²) >= 11 is 0. The molecule has 1 aliphatic carbocycles. The third kappa shape index (κ3) is 3.38. The summed E-state index contributed by atoms with van der Waals surface area (Å²) in [6.07, 6.45) is 5.13. The lowest BCUT2D eigenvalue weighted by molar-refractivity contribution is -0.181. The van der Waals surface area contributed by atoms with Gasteiger partial charge in [0.2, 0.25) is 5.88 Å². The van der Waals surface area contributed by atoms with E-state index in [1.165, 1.54) is 0 Å². The minimum Gasteiger partial charge on any atom is -0.468 e. The maximum atomic E-state index is 12.2. The highest BCUT2D eigenvalue weighted by molar-refractivity contribution is 5.91. The first-order chi connectivity index (χ1) is 12.2.